The number of benzene rings is 3. The second kappa shape index (κ2) is 10.8. The molecular weight excluding hydrogens is 464 g/mol. The predicted octanol–water partition coefficient (Wildman–Crippen LogP) is 4.18. The van der Waals surface area contributed by atoms with Crippen LogP contribution >= 0.6 is 0 Å². The number of nitrogens with one attached hydrogen (secondary N) is 1. The summed E-state index contributed by atoms with van der Waals surface area (Å²) in [4.78, 5) is 36.5. The minimum Gasteiger partial charge on any atom is -0.398 e. The van der Waals surface area contributed by atoms with Crippen LogP contribution in [-0.2, 0) is 0 Å². The molecule has 1 amide bonds. The molecule has 8 nitrogen and oxygen atoms in total. The molecule has 1 aliphatic heterocycles. The van der Waals surface area contributed by atoms with Gasteiger partial charge in [-0.2, -0.15) is 0 Å². The van der Waals surface area contributed by atoms with Gasteiger partial charge < -0.3 is 21.7 Å². The van der Waals surface area contributed by atoms with E-state index in [4.69, 9.17) is 11.5 Å². The van der Waals surface area contributed by atoms with Gasteiger partial charge in [-0.05, 0) is 56.1 Å². The molecule has 1 atom stereocenters. The molecule has 1 aromatic heterocycles. The largest absolute Gasteiger partial charge is 0.398 e. The normalized spacial score (nSPS) is 14.5. The van der Waals surface area contributed by atoms with Crippen molar-refractivity contribution in [2.75, 3.05) is 30.7 Å². The molecule has 0 spiro atoms. The van der Waals surface area contributed by atoms with E-state index in [0.29, 0.717) is 39.1 Å². The zero-order chi connectivity index (χ0) is 25.8. The third kappa shape index (κ3) is 5.15. The van der Waals surface area contributed by atoms with E-state index in [1.54, 1.807) is 30.3 Å². The van der Waals surface area contributed by atoms with Crippen molar-refractivity contribution in [2.24, 2.45) is 5.73 Å². The van der Waals surface area contributed by atoms with Crippen LogP contribution in [0, 0.1) is 0 Å². The maximum atomic E-state index is 13.3. The maximum absolute atomic E-state index is 13.3. The highest BCUT2D eigenvalue weighted by Crippen LogP contribution is 2.33. The van der Waals surface area contributed by atoms with Crippen LogP contribution in [0.2, 0.25) is 0 Å². The van der Waals surface area contributed by atoms with E-state index in [-0.39, 0.29) is 11.8 Å². The zero-order valence-electron chi connectivity index (χ0n) is 20.6. The van der Waals surface area contributed by atoms with Gasteiger partial charge in [-0.1, -0.05) is 48.5 Å². The number of aromatic nitrogens is 2. The van der Waals surface area contributed by atoms with Crippen LogP contribution in [-0.4, -0.2) is 46.2 Å². The van der Waals surface area contributed by atoms with E-state index >= 15 is 0 Å². The molecule has 5 N–H and O–H groups in total. The van der Waals surface area contributed by atoms with Crippen molar-refractivity contribution in [1.29, 1.82) is 0 Å². The Balaban J connectivity index is 1.53. The van der Waals surface area contributed by atoms with E-state index < -0.39 is 5.91 Å². The lowest BCUT2D eigenvalue weighted by molar-refractivity contribution is 0.1000. The lowest BCUT2D eigenvalue weighted by Gasteiger charge is -2.25. The van der Waals surface area contributed by atoms with Crippen LogP contribution in [0.3, 0.4) is 0 Å². The maximum Gasteiger partial charge on any atom is 0.250 e. The second-order valence-electron chi connectivity index (χ2n) is 9.33. The van der Waals surface area contributed by atoms with Gasteiger partial charge in [-0.3, -0.25) is 9.59 Å². The topological polar surface area (TPSA) is 127 Å². The number of ketones is 1. The molecule has 0 saturated carbocycles. The summed E-state index contributed by atoms with van der Waals surface area (Å²) in [5, 5.41) is 4.25. The van der Waals surface area contributed by atoms with E-state index in [0.717, 1.165) is 31.6 Å². The minimum atomic E-state index is -0.544. The van der Waals surface area contributed by atoms with Crippen LogP contribution in [0.4, 0.5) is 11.5 Å². The SMILES string of the molecule is NC(=O)c1cccc2c(NC(CCN3CCCC3)c3cccc(C(=O)c4ccccc4)c3N)ncnc12. The molecule has 4 aromatic rings. The van der Waals surface area contributed by atoms with Crippen LogP contribution in [0.1, 0.15) is 57.1 Å². The fourth-order valence-corrected chi connectivity index (χ4v) is 5.02. The van der Waals surface area contributed by atoms with Crippen molar-refractivity contribution in [2.45, 2.75) is 25.3 Å². The Hall–Kier alpha value is -4.30. The highest BCUT2D eigenvalue weighted by atomic mass is 16.1. The van der Waals surface area contributed by atoms with Crippen LogP contribution < -0.4 is 16.8 Å². The number of hydrogen-bond acceptors (Lipinski definition) is 7. The number of carbonyl (C=O) groups excluding carboxylic acids is 2. The summed E-state index contributed by atoms with van der Waals surface area (Å²) in [5.41, 5.74) is 15.4. The van der Waals surface area contributed by atoms with Crippen LogP contribution in [0.5, 0.6) is 0 Å². The number of nitrogens with zero attached hydrogens (tertiary/aromatic N) is 3. The Bertz CT molecular complexity index is 1430. The van der Waals surface area contributed by atoms with Crippen LogP contribution in [0.25, 0.3) is 10.9 Å². The molecule has 1 fully saturated rings. The Kier molecular flexibility index (Phi) is 7.09. The molecule has 2 heterocycles. The van der Waals surface area contributed by atoms with E-state index in [2.05, 4.69) is 20.2 Å². The number of hydrogen-bond donors (Lipinski definition) is 3. The Morgan fingerprint density at radius 2 is 1.65 bits per heavy atom. The number of likely N-dealkylation sites (tertiary alicyclic amines) is 1. The van der Waals surface area contributed by atoms with Gasteiger partial charge >= 0.3 is 0 Å². The molecule has 188 valence electrons. The third-order valence-corrected chi connectivity index (χ3v) is 6.97. The summed E-state index contributed by atoms with van der Waals surface area (Å²) in [6, 6.07) is 19.8. The van der Waals surface area contributed by atoms with Gasteiger partial charge in [0.2, 0.25) is 0 Å². The lowest BCUT2D eigenvalue weighted by Crippen LogP contribution is -2.25. The molecule has 8 heteroatoms. The number of para-hydroxylation sites is 2. The standard InChI is InChI=1S/C29H30N6O2/c30-25-20(10-6-11-21(25)27(36)19-8-2-1-3-9-19)24(14-17-35-15-4-5-16-35)34-29-23-13-7-12-22(28(31)37)26(23)32-18-33-29/h1-3,6-13,18,24H,4-5,14-17,30H2,(H2,31,37)(H,32,33,34). The Morgan fingerprint density at radius 1 is 0.919 bits per heavy atom. The van der Waals surface area contributed by atoms with E-state index in [1.807, 2.05) is 36.4 Å². The van der Waals surface area contributed by atoms with Crippen LogP contribution in [0.15, 0.2) is 73.1 Å². The molecule has 1 unspecified atom stereocenters. The first kappa shape index (κ1) is 24.4. The number of amides is 1. The summed E-state index contributed by atoms with van der Waals surface area (Å²) < 4.78 is 0. The summed E-state index contributed by atoms with van der Waals surface area (Å²) in [6.45, 7) is 3.03. The molecule has 37 heavy (non-hydrogen) atoms. The molecule has 5 rings (SSSR count). The van der Waals surface area contributed by atoms with Crippen molar-refractivity contribution < 1.29 is 9.59 Å². The summed E-state index contributed by atoms with van der Waals surface area (Å²) in [7, 11) is 0. The van der Waals surface area contributed by atoms with Crippen molar-refractivity contribution in [1.82, 2.24) is 14.9 Å². The highest BCUT2D eigenvalue weighted by molar-refractivity contribution is 6.12. The molecule has 1 saturated heterocycles. The minimum absolute atomic E-state index is 0.114. The van der Waals surface area contributed by atoms with Crippen molar-refractivity contribution in [3.05, 3.63) is 95.3 Å². The molecule has 1 aliphatic rings. The van der Waals surface area contributed by atoms with Crippen molar-refractivity contribution in [3.8, 4) is 0 Å². The zero-order valence-corrected chi connectivity index (χ0v) is 20.6. The second-order valence-corrected chi connectivity index (χ2v) is 9.33. The van der Waals surface area contributed by atoms with Crippen molar-refractivity contribution >= 4 is 34.1 Å². The molecule has 0 radical (unpaired) electrons. The van der Waals surface area contributed by atoms with Gasteiger partial charge in [0.05, 0.1) is 17.1 Å². The summed E-state index contributed by atoms with van der Waals surface area (Å²) in [5.74, 6) is -0.0762. The molecule has 3 aromatic carbocycles. The fourth-order valence-electron chi connectivity index (χ4n) is 5.02. The predicted molar refractivity (Wildman–Crippen MR) is 145 cm³/mol. The fraction of sp³-hybridized carbons (Fsp3) is 0.241. The molecular formula is C29H30N6O2. The van der Waals surface area contributed by atoms with E-state index in [1.165, 1.54) is 19.2 Å². The number of anilines is 2. The number of fused-ring (bicyclic) bond motifs is 1. The van der Waals surface area contributed by atoms with Gasteiger partial charge in [0, 0.05) is 28.7 Å². The van der Waals surface area contributed by atoms with Gasteiger partial charge in [0.25, 0.3) is 5.91 Å². The summed E-state index contributed by atoms with van der Waals surface area (Å²) >= 11 is 0. The van der Waals surface area contributed by atoms with Gasteiger partial charge in [-0.25, -0.2) is 9.97 Å². The van der Waals surface area contributed by atoms with Gasteiger partial charge in [0.15, 0.2) is 5.78 Å². The average Bonchev–Trinajstić information content (AvgIpc) is 3.45. The smallest absolute Gasteiger partial charge is 0.250 e. The number of rotatable bonds is 9. The first-order chi connectivity index (χ1) is 18.0. The first-order valence-corrected chi connectivity index (χ1v) is 12.5. The molecule has 0 aliphatic carbocycles. The third-order valence-electron chi connectivity index (χ3n) is 6.97. The summed E-state index contributed by atoms with van der Waals surface area (Å²) in [6.07, 6.45) is 4.59. The monoisotopic (exact) mass is 494 g/mol. The van der Waals surface area contributed by atoms with Gasteiger partial charge in [0.1, 0.15) is 12.1 Å². The Morgan fingerprint density at radius 3 is 2.41 bits per heavy atom. The van der Waals surface area contributed by atoms with E-state index in [9.17, 15) is 9.59 Å². The number of nitrogen functional groups attached to an aromatic ring is 1. The number of carbonyl (C=O) groups is 2. The Labute approximate surface area is 215 Å². The van der Waals surface area contributed by atoms with Gasteiger partial charge in [-0.15, -0.1) is 0 Å². The number of nitrogens with two attached hydrogens (primary N) is 2. The highest BCUT2D eigenvalue weighted by Gasteiger charge is 2.23. The average molecular weight is 495 g/mol. The number of primary amides is 1. The van der Waals surface area contributed by atoms with Crippen molar-refractivity contribution in [3.63, 3.8) is 0 Å². The first-order valence-electron chi connectivity index (χ1n) is 12.5. The lowest BCUT2D eigenvalue weighted by atomic mass is 9.94. The molecule has 0 bridgehead atoms. The quantitative estimate of drug-likeness (QED) is 0.235.